The van der Waals surface area contributed by atoms with Crippen molar-refractivity contribution in [3.05, 3.63) is 184 Å². The second-order valence-corrected chi connectivity index (χ2v) is 15.7. The minimum absolute atomic E-state index is 0.311. The first kappa shape index (κ1) is 33.8. The van der Waals surface area contributed by atoms with Crippen LogP contribution in [0, 0.1) is 15.9 Å². The standard InChI is InChI=1S/C49H38N4O.Pt/c1-33(2)44-29-49(50-30-45(44)36-9-4-3-5-10-36)53-46-14-7-6-13-42(46)43-26-25-41(28-47(43)53)54-40-12-8-11-39(27-40)51-31-48-37-21-19-34-15-17-35(18-16-34)20-23-38(24-22-37)52(48)32-51;/h3-18,22,24-26,29-31,33H,19-21,23H2,1-2H3;/q-2;. The van der Waals surface area contributed by atoms with Gasteiger partial charge in [-0.15, -0.1) is 0 Å². The van der Waals surface area contributed by atoms with Gasteiger partial charge in [0.25, 0.3) is 0 Å². The first-order valence-electron chi connectivity index (χ1n) is 19.0. The summed E-state index contributed by atoms with van der Waals surface area (Å²) in [7, 11) is 0. The Morgan fingerprint density at radius 3 is 2.27 bits per heavy atom. The van der Waals surface area contributed by atoms with Crippen molar-refractivity contribution >= 4 is 27.3 Å². The van der Waals surface area contributed by atoms with E-state index >= 15 is 0 Å². The summed E-state index contributed by atoms with van der Waals surface area (Å²) in [5.74, 6) is 2.43. The van der Waals surface area contributed by atoms with E-state index < -0.39 is 0 Å². The van der Waals surface area contributed by atoms with E-state index in [1.807, 2.05) is 24.4 Å². The van der Waals surface area contributed by atoms with E-state index in [2.05, 4.69) is 174 Å². The molecular weight excluding hydrogens is 856 g/mol. The molecule has 13 rings (SSSR count). The molecule has 2 aliphatic carbocycles. The second kappa shape index (κ2) is 13.8. The maximum absolute atomic E-state index is 6.59. The van der Waals surface area contributed by atoms with Crippen molar-refractivity contribution in [2.45, 2.75) is 45.4 Å². The average Bonchev–Trinajstić information content (AvgIpc) is 3.74. The summed E-state index contributed by atoms with van der Waals surface area (Å²) in [5, 5.41) is 2.25. The van der Waals surface area contributed by atoms with Crippen molar-refractivity contribution < 1.29 is 24.1 Å². The molecule has 9 aromatic rings. The van der Waals surface area contributed by atoms with Crippen LogP contribution in [0.4, 0.5) is 0 Å². The molecule has 5 aromatic carbocycles. The molecule has 0 radical (unpaired) electrons. The molecule has 0 amide bonds. The molecule has 4 aliphatic rings. The smallest absolute Gasteiger partial charge is 0.0622 e. The summed E-state index contributed by atoms with van der Waals surface area (Å²) in [6.07, 6.45) is 8.25. The Labute approximate surface area is 331 Å². The third-order valence-electron chi connectivity index (χ3n) is 11.0. The summed E-state index contributed by atoms with van der Waals surface area (Å²) in [6.45, 7) is 4.48. The fourth-order valence-corrected chi connectivity index (χ4v) is 9.13. The van der Waals surface area contributed by atoms with E-state index in [0.717, 1.165) is 68.4 Å². The van der Waals surface area contributed by atoms with E-state index in [-0.39, 0.29) is 0 Å². The summed E-state index contributed by atoms with van der Waals surface area (Å²) >= 11 is 2.47. The van der Waals surface area contributed by atoms with E-state index in [1.165, 1.54) is 39.0 Å². The molecule has 55 heavy (non-hydrogen) atoms. The van der Waals surface area contributed by atoms with E-state index in [9.17, 15) is 0 Å². The van der Waals surface area contributed by atoms with E-state index in [4.69, 9.17) is 9.72 Å². The Morgan fingerprint density at radius 2 is 1.45 bits per heavy atom. The van der Waals surface area contributed by atoms with Crippen LogP contribution in [0.5, 0.6) is 11.5 Å². The summed E-state index contributed by atoms with van der Waals surface area (Å²) in [5.41, 5.74) is 13.2. The van der Waals surface area contributed by atoms with Crippen LogP contribution >= 0.6 is 0 Å². The van der Waals surface area contributed by atoms with Crippen LogP contribution in [-0.2, 0) is 45.0 Å². The number of aryl methyl sites for hydroxylation is 4. The number of aromatic nitrogens is 4. The molecule has 0 atom stereocenters. The summed E-state index contributed by atoms with van der Waals surface area (Å²) in [6, 6.07) is 52.5. The van der Waals surface area contributed by atoms with Gasteiger partial charge in [0.15, 0.2) is 0 Å². The van der Waals surface area contributed by atoms with Gasteiger partial charge in [-0.1, -0.05) is 56.3 Å². The number of para-hydroxylation sites is 1. The molecule has 6 heteroatoms. The van der Waals surface area contributed by atoms with Crippen LogP contribution in [0.3, 0.4) is 0 Å². The fourth-order valence-electron chi connectivity index (χ4n) is 8.11. The molecular formula is C49H38N4OPt-2. The Balaban J connectivity index is 1.03. The third-order valence-corrected chi connectivity index (χ3v) is 12.0. The number of imidazole rings is 1. The number of pyridine rings is 2. The predicted molar refractivity (Wildman–Crippen MR) is 217 cm³/mol. The van der Waals surface area contributed by atoms with Crippen LogP contribution < -0.4 is 4.74 Å². The summed E-state index contributed by atoms with van der Waals surface area (Å²) < 4.78 is 14.6. The zero-order chi connectivity index (χ0) is 37.0. The topological polar surface area (TPSA) is 36.4 Å². The van der Waals surface area contributed by atoms with Gasteiger partial charge in [-0.3, -0.25) is 0 Å². The molecule has 5 nitrogen and oxygen atoms in total. The molecule has 6 heterocycles. The van der Waals surface area contributed by atoms with Gasteiger partial charge in [-0.25, -0.2) is 0 Å². The Hall–Kier alpha value is -5.77. The molecule has 4 aromatic heterocycles. The monoisotopic (exact) mass is 893 g/mol. The zero-order valence-corrected chi connectivity index (χ0v) is 33.0. The van der Waals surface area contributed by atoms with Gasteiger partial charge in [0.05, 0.1) is 0 Å². The summed E-state index contributed by atoms with van der Waals surface area (Å²) in [4.78, 5) is 5.07. The molecule has 2 aliphatic heterocycles. The Morgan fingerprint density at radius 1 is 0.691 bits per heavy atom. The van der Waals surface area contributed by atoms with Gasteiger partial charge in [0, 0.05) is 11.8 Å². The Kier molecular flexibility index (Phi) is 8.49. The maximum atomic E-state index is 6.59. The van der Waals surface area contributed by atoms with Gasteiger partial charge in [-0.05, 0) is 17.0 Å². The molecule has 0 fully saturated rings. The van der Waals surface area contributed by atoms with Gasteiger partial charge in [-0.2, -0.15) is 0 Å². The van der Waals surface area contributed by atoms with Crippen LogP contribution in [-0.4, -0.2) is 18.5 Å². The number of hydrogen-bond acceptors (Lipinski definition) is 2. The molecule has 0 saturated carbocycles. The minimum Gasteiger partial charge on any atom is -0.0622 e. The number of nitrogens with zero attached hydrogens (tertiary/aromatic N) is 4. The molecule has 0 N–H and O–H groups in total. The first-order valence-corrected chi connectivity index (χ1v) is 20.1. The van der Waals surface area contributed by atoms with E-state index in [1.54, 1.807) is 0 Å². The molecule has 0 spiro atoms. The SMILES string of the molecule is CC(C)c1cc(-n2c3[c-]c(Oc4[c-]c(-n5cc6c7ccc(n6[c]5=[Pt])CCc5ccc(cc5)CC7)ccc4)ccc3c3ccccc32)ncc1-c1ccccc1. The van der Waals surface area contributed by atoms with Crippen molar-refractivity contribution in [3.8, 4) is 34.1 Å². The van der Waals surface area contributed by atoms with Crippen LogP contribution in [0.2, 0.25) is 0 Å². The van der Waals surface area contributed by atoms with E-state index in [0.29, 0.717) is 17.4 Å². The van der Waals surface area contributed by atoms with Crippen LogP contribution in [0.25, 0.3) is 50.0 Å². The number of benzene rings is 5. The quantitative estimate of drug-likeness (QED) is 0.156. The number of fused-ring (bicyclic) bond motifs is 3. The van der Waals surface area contributed by atoms with Crippen LogP contribution in [0.1, 0.15) is 47.7 Å². The first-order chi connectivity index (χ1) is 27.0. The van der Waals surface area contributed by atoms with Gasteiger partial charge >= 0.3 is 248 Å². The van der Waals surface area contributed by atoms with Crippen molar-refractivity contribution in [1.29, 1.82) is 0 Å². The predicted octanol–water partition coefficient (Wildman–Crippen LogP) is 11.4. The zero-order valence-electron chi connectivity index (χ0n) is 30.7. The number of rotatable bonds is 6. The van der Waals surface area contributed by atoms with Crippen LogP contribution in [0.15, 0.2) is 140 Å². The van der Waals surface area contributed by atoms with Crippen molar-refractivity contribution in [2.75, 3.05) is 0 Å². The molecule has 0 saturated heterocycles. The van der Waals surface area contributed by atoms with Crippen molar-refractivity contribution in [2.24, 2.45) is 0 Å². The van der Waals surface area contributed by atoms with Gasteiger partial charge in [0.2, 0.25) is 0 Å². The molecule has 4 bridgehead atoms. The molecule has 272 valence electrons. The minimum atomic E-state index is 0.311. The van der Waals surface area contributed by atoms with Gasteiger partial charge in [0.1, 0.15) is 0 Å². The fraction of sp³-hybridized carbons (Fsp3) is 0.143. The molecule has 0 unspecified atom stereocenters. The van der Waals surface area contributed by atoms with Crippen molar-refractivity contribution in [3.63, 3.8) is 0 Å². The van der Waals surface area contributed by atoms with Gasteiger partial charge < -0.3 is 0 Å². The Bertz CT molecular complexity index is 2950. The second-order valence-electron chi connectivity index (χ2n) is 14.7. The average molecular weight is 894 g/mol. The third kappa shape index (κ3) is 6.08. The van der Waals surface area contributed by atoms with Crippen molar-refractivity contribution in [1.82, 2.24) is 18.5 Å². The number of ether oxygens (including phenoxy) is 1. The number of hydrogen-bond donors (Lipinski definition) is 0. The normalized spacial score (nSPS) is 12.9.